The molecule has 0 bridgehead atoms. The summed E-state index contributed by atoms with van der Waals surface area (Å²) >= 11 is 0. The number of hydrogen-bond acceptors (Lipinski definition) is 4. The normalized spacial score (nSPS) is 13.3. The van der Waals surface area contributed by atoms with Crippen LogP contribution in [0.4, 0.5) is 10.5 Å². The molecule has 0 radical (unpaired) electrons. The van der Waals surface area contributed by atoms with Crippen LogP contribution in [0.5, 0.6) is 0 Å². The van der Waals surface area contributed by atoms with Gasteiger partial charge in [0, 0.05) is 17.8 Å². The number of anilines is 1. The molecule has 0 aliphatic carbocycles. The van der Waals surface area contributed by atoms with Crippen LogP contribution in [-0.2, 0) is 14.3 Å². The molecule has 2 aromatic rings. The summed E-state index contributed by atoms with van der Waals surface area (Å²) in [5, 5.41) is 5.92. The summed E-state index contributed by atoms with van der Waals surface area (Å²) in [5.74, 6) is 1.75. The Bertz CT molecular complexity index is 1200. The first kappa shape index (κ1) is 33.4. The van der Waals surface area contributed by atoms with Crippen LogP contribution in [0.1, 0.15) is 95.5 Å². The topological polar surface area (TPSA) is 87.7 Å². The SMILES string of the molecule is C#Cc1ccc(C(C(=O)Nc2c(C)cccc2C)N(CCCCC)C(=O)C(NC(=O)OC(C)(C)C)C(C)CC)cc1. The predicted octanol–water partition coefficient (Wildman–Crippen LogP) is 6.92. The van der Waals surface area contributed by atoms with Crippen LogP contribution in [0.2, 0.25) is 0 Å². The third-order valence-electron chi connectivity index (χ3n) is 7.12. The molecule has 0 saturated carbocycles. The molecule has 0 saturated heterocycles. The molecular formula is C34H47N3O4. The van der Waals surface area contributed by atoms with Gasteiger partial charge in [-0.1, -0.05) is 76.3 Å². The van der Waals surface area contributed by atoms with Crippen molar-refractivity contribution in [2.24, 2.45) is 5.92 Å². The maximum Gasteiger partial charge on any atom is 0.408 e. The standard InChI is InChI=1S/C34H47N3O4/c1-10-13-14-22-37(32(39)29(23(4)11-2)36-33(40)41-34(7,8)9)30(27-20-18-26(12-3)19-21-27)31(38)35-28-24(5)16-15-17-25(28)6/h3,15-21,23,29-30H,10-11,13-14,22H2,1-2,4-9H3,(H,35,38)(H,36,40). The van der Waals surface area contributed by atoms with Crippen LogP contribution in [-0.4, -0.2) is 41.0 Å². The zero-order valence-electron chi connectivity index (χ0n) is 26.0. The molecular weight excluding hydrogens is 514 g/mol. The quantitative estimate of drug-likeness (QED) is 0.217. The van der Waals surface area contributed by atoms with E-state index < -0.39 is 23.8 Å². The molecule has 2 N–H and O–H groups in total. The molecule has 2 aromatic carbocycles. The number of nitrogens with one attached hydrogen (secondary N) is 2. The van der Waals surface area contributed by atoms with Gasteiger partial charge in [-0.3, -0.25) is 9.59 Å². The molecule has 222 valence electrons. The van der Waals surface area contributed by atoms with Gasteiger partial charge in [-0.15, -0.1) is 6.42 Å². The van der Waals surface area contributed by atoms with Crippen molar-refractivity contribution in [1.82, 2.24) is 10.2 Å². The van der Waals surface area contributed by atoms with E-state index in [0.717, 1.165) is 24.0 Å². The predicted molar refractivity (Wildman–Crippen MR) is 166 cm³/mol. The number of unbranched alkanes of at least 4 members (excludes halogenated alkanes) is 2. The molecule has 0 spiro atoms. The lowest BCUT2D eigenvalue weighted by Crippen LogP contribution is -2.55. The average molecular weight is 562 g/mol. The Hall–Kier alpha value is -3.79. The van der Waals surface area contributed by atoms with Gasteiger partial charge in [0.1, 0.15) is 17.7 Å². The van der Waals surface area contributed by atoms with E-state index in [0.29, 0.717) is 36.2 Å². The fourth-order valence-corrected chi connectivity index (χ4v) is 4.63. The van der Waals surface area contributed by atoms with Crippen LogP contribution in [0.25, 0.3) is 0 Å². The second-order valence-electron chi connectivity index (χ2n) is 11.7. The molecule has 7 nitrogen and oxygen atoms in total. The number of ether oxygens (including phenoxy) is 1. The second kappa shape index (κ2) is 15.3. The first-order chi connectivity index (χ1) is 19.3. The number of amides is 3. The maximum absolute atomic E-state index is 14.4. The smallest absolute Gasteiger partial charge is 0.408 e. The van der Waals surface area contributed by atoms with Crippen LogP contribution >= 0.6 is 0 Å². The number of carbonyl (C=O) groups is 3. The van der Waals surface area contributed by atoms with E-state index in [-0.39, 0.29) is 17.7 Å². The minimum atomic E-state index is -0.947. The van der Waals surface area contributed by atoms with Crippen molar-refractivity contribution in [3.8, 4) is 12.3 Å². The summed E-state index contributed by atoms with van der Waals surface area (Å²) in [6.07, 6.45) is 8.11. The van der Waals surface area contributed by atoms with Crippen LogP contribution in [0, 0.1) is 32.1 Å². The fraction of sp³-hybridized carbons (Fsp3) is 0.500. The minimum absolute atomic E-state index is 0.199. The highest BCUT2D eigenvalue weighted by atomic mass is 16.6. The number of para-hydroxylation sites is 1. The average Bonchev–Trinajstić information content (AvgIpc) is 2.91. The lowest BCUT2D eigenvalue weighted by molar-refractivity contribution is -0.142. The van der Waals surface area contributed by atoms with Crippen molar-refractivity contribution < 1.29 is 19.1 Å². The molecule has 3 amide bonds. The van der Waals surface area contributed by atoms with E-state index in [9.17, 15) is 14.4 Å². The van der Waals surface area contributed by atoms with Crippen molar-refractivity contribution in [2.75, 3.05) is 11.9 Å². The highest BCUT2D eigenvalue weighted by Crippen LogP contribution is 2.29. The van der Waals surface area contributed by atoms with E-state index in [1.165, 1.54) is 0 Å². The summed E-state index contributed by atoms with van der Waals surface area (Å²) < 4.78 is 5.50. The summed E-state index contributed by atoms with van der Waals surface area (Å²) in [6, 6.07) is 11.1. The third-order valence-corrected chi connectivity index (χ3v) is 7.12. The Balaban J connectivity index is 2.62. The highest BCUT2D eigenvalue weighted by Gasteiger charge is 2.38. The highest BCUT2D eigenvalue weighted by molar-refractivity contribution is 6.00. The van der Waals surface area contributed by atoms with Gasteiger partial charge in [0.15, 0.2) is 0 Å². The third kappa shape index (κ3) is 9.67. The van der Waals surface area contributed by atoms with Crippen molar-refractivity contribution in [1.29, 1.82) is 0 Å². The minimum Gasteiger partial charge on any atom is -0.444 e. The molecule has 3 atom stereocenters. The lowest BCUT2D eigenvalue weighted by Gasteiger charge is -2.36. The molecule has 2 rings (SSSR count). The van der Waals surface area contributed by atoms with Crippen molar-refractivity contribution in [2.45, 2.75) is 98.8 Å². The van der Waals surface area contributed by atoms with Crippen molar-refractivity contribution >= 4 is 23.6 Å². The summed E-state index contributed by atoms with van der Waals surface area (Å²) in [5.41, 5.74) is 3.16. The van der Waals surface area contributed by atoms with E-state index in [1.807, 2.05) is 45.9 Å². The number of hydrogen-bond donors (Lipinski definition) is 2. The first-order valence-electron chi connectivity index (χ1n) is 14.6. The number of rotatable bonds is 12. The maximum atomic E-state index is 14.4. The number of alkyl carbamates (subject to hydrolysis) is 1. The molecule has 7 heteroatoms. The molecule has 0 heterocycles. The zero-order valence-corrected chi connectivity index (χ0v) is 26.0. The molecule has 41 heavy (non-hydrogen) atoms. The lowest BCUT2D eigenvalue weighted by atomic mass is 9.95. The van der Waals surface area contributed by atoms with Gasteiger partial charge in [0.05, 0.1) is 0 Å². The van der Waals surface area contributed by atoms with Crippen LogP contribution in [0.15, 0.2) is 42.5 Å². The van der Waals surface area contributed by atoms with E-state index in [1.54, 1.807) is 49.9 Å². The Morgan fingerprint density at radius 2 is 1.61 bits per heavy atom. The van der Waals surface area contributed by atoms with Gasteiger partial charge in [-0.25, -0.2) is 4.79 Å². The van der Waals surface area contributed by atoms with Crippen LogP contribution < -0.4 is 10.6 Å². The molecule has 0 aliphatic rings. The van der Waals surface area contributed by atoms with Gasteiger partial charge in [0.2, 0.25) is 5.91 Å². The molecule has 3 unspecified atom stereocenters. The van der Waals surface area contributed by atoms with Gasteiger partial charge >= 0.3 is 6.09 Å². The van der Waals surface area contributed by atoms with Gasteiger partial charge in [-0.2, -0.15) is 0 Å². The second-order valence-corrected chi connectivity index (χ2v) is 11.7. The number of terminal acetylenes is 1. The first-order valence-corrected chi connectivity index (χ1v) is 14.6. The Labute approximate surface area is 246 Å². The number of nitrogens with zero attached hydrogens (tertiary/aromatic N) is 1. The summed E-state index contributed by atoms with van der Waals surface area (Å²) in [4.78, 5) is 43.0. The van der Waals surface area contributed by atoms with Gasteiger partial charge in [0.25, 0.3) is 5.91 Å². The van der Waals surface area contributed by atoms with Gasteiger partial charge < -0.3 is 20.3 Å². The zero-order chi connectivity index (χ0) is 30.7. The number of benzene rings is 2. The van der Waals surface area contributed by atoms with E-state index in [2.05, 4.69) is 23.5 Å². The number of carbonyl (C=O) groups excluding carboxylic acids is 3. The van der Waals surface area contributed by atoms with E-state index in [4.69, 9.17) is 11.2 Å². The summed E-state index contributed by atoms with van der Waals surface area (Å²) in [7, 11) is 0. The summed E-state index contributed by atoms with van der Waals surface area (Å²) in [6.45, 7) is 15.5. The van der Waals surface area contributed by atoms with Crippen molar-refractivity contribution in [3.63, 3.8) is 0 Å². The Morgan fingerprint density at radius 3 is 2.12 bits per heavy atom. The largest absolute Gasteiger partial charge is 0.444 e. The molecule has 0 aliphatic heterocycles. The van der Waals surface area contributed by atoms with Crippen molar-refractivity contribution in [3.05, 3.63) is 64.7 Å². The molecule has 0 fully saturated rings. The van der Waals surface area contributed by atoms with E-state index >= 15 is 0 Å². The fourth-order valence-electron chi connectivity index (χ4n) is 4.63. The Morgan fingerprint density at radius 1 is 1.00 bits per heavy atom. The Kier molecular flexibility index (Phi) is 12.5. The monoisotopic (exact) mass is 561 g/mol. The molecule has 0 aromatic heterocycles. The van der Waals surface area contributed by atoms with Crippen LogP contribution in [0.3, 0.4) is 0 Å². The van der Waals surface area contributed by atoms with Gasteiger partial charge in [-0.05, 0) is 75.8 Å². The number of aryl methyl sites for hydroxylation is 2.